The monoisotopic (exact) mass is 485 g/mol. The third kappa shape index (κ3) is 4.91. The molecule has 0 unspecified atom stereocenters. The highest BCUT2D eigenvalue weighted by Gasteiger charge is 2.20. The number of thiophene rings is 1. The molecule has 0 saturated carbocycles. The summed E-state index contributed by atoms with van der Waals surface area (Å²) in [4.78, 5) is 12.5. The number of anilines is 1. The lowest BCUT2D eigenvalue weighted by Crippen LogP contribution is -2.23. The Hall–Kier alpha value is -3.41. The molecule has 0 aliphatic rings. The van der Waals surface area contributed by atoms with E-state index in [-0.39, 0.29) is 5.28 Å². The average molecular weight is 486 g/mol. The molecular weight excluding hydrogens is 462 g/mol. The molecule has 170 valence electrons. The molecular formula is C28H24ClN3OS. The second-order valence-corrected chi connectivity index (χ2v) is 9.13. The molecule has 5 aromatic rings. The maximum absolute atomic E-state index is 6.43. The van der Waals surface area contributed by atoms with Gasteiger partial charge in [0.2, 0.25) is 5.28 Å². The van der Waals surface area contributed by atoms with Crippen LogP contribution < -0.4 is 9.64 Å². The Morgan fingerprint density at radius 1 is 0.824 bits per heavy atom. The molecule has 3 aromatic carbocycles. The van der Waals surface area contributed by atoms with E-state index in [0.717, 1.165) is 32.9 Å². The molecule has 0 saturated heterocycles. The first kappa shape index (κ1) is 22.4. The van der Waals surface area contributed by atoms with Crippen LogP contribution in [0, 0.1) is 0 Å². The molecule has 2 aromatic heterocycles. The van der Waals surface area contributed by atoms with Crippen molar-refractivity contribution in [3.8, 4) is 16.9 Å². The highest BCUT2D eigenvalue weighted by Crippen LogP contribution is 2.40. The number of benzene rings is 3. The van der Waals surface area contributed by atoms with Crippen LogP contribution in [0.2, 0.25) is 5.28 Å². The Labute approximate surface area is 208 Å². The lowest BCUT2D eigenvalue weighted by Gasteiger charge is -2.25. The van der Waals surface area contributed by atoms with E-state index in [2.05, 4.69) is 75.9 Å². The predicted molar refractivity (Wildman–Crippen MR) is 142 cm³/mol. The first-order valence-electron chi connectivity index (χ1n) is 11.2. The van der Waals surface area contributed by atoms with Gasteiger partial charge in [-0.1, -0.05) is 72.8 Å². The van der Waals surface area contributed by atoms with Crippen LogP contribution in [-0.4, -0.2) is 16.6 Å². The molecule has 0 atom stereocenters. The van der Waals surface area contributed by atoms with E-state index >= 15 is 0 Å². The topological polar surface area (TPSA) is 38.3 Å². The summed E-state index contributed by atoms with van der Waals surface area (Å²) in [5.41, 5.74) is 4.61. The van der Waals surface area contributed by atoms with Crippen LogP contribution in [0.15, 0.2) is 90.3 Å². The van der Waals surface area contributed by atoms with Crippen molar-refractivity contribution < 1.29 is 4.74 Å². The van der Waals surface area contributed by atoms with Crippen molar-refractivity contribution in [2.75, 3.05) is 11.5 Å². The highest BCUT2D eigenvalue weighted by molar-refractivity contribution is 7.17. The molecule has 34 heavy (non-hydrogen) atoms. The summed E-state index contributed by atoms with van der Waals surface area (Å²) in [7, 11) is 0. The van der Waals surface area contributed by atoms with Crippen LogP contribution >= 0.6 is 22.9 Å². The molecule has 0 amide bonds. The Kier molecular flexibility index (Phi) is 6.74. The van der Waals surface area contributed by atoms with E-state index in [4.69, 9.17) is 21.3 Å². The SMILES string of the molecule is CCOc1ccc(-c2csc3nc(Cl)nc(N(Cc4ccccc4)Cc4ccccc4)c23)cc1. The van der Waals surface area contributed by atoms with E-state index in [1.165, 1.54) is 11.1 Å². The molecule has 0 N–H and O–H groups in total. The van der Waals surface area contributed by atoms with Gasteiger partial charge < -0.3 is 9.64 Å². The minimum Gasteiger partial charge on any atom is -0.494 e. The molecule has 0 spiro atoms. The molecule has 0 aliphatic carbocycles. The summed E-state index contributed by atoms with van der Waals surface area (Å²) in [6.07, 6.45) is 0. The molecule has 6 heteroatoms. The van der Waals surface area contributed by atoms with Crippen molar-refractivity contribution in [2.24, 2.45) is 0 Å². The van der Waals surface area contributed by atoms with Gasteiger partial charge in [0.05, 0.1) is 12.0 Å². The number of hydrogen-bond donors (Lipinski definition) is 0. The number of hydrogen-bond acceptors (Lipinski definition) is 5. The minimum atomic E-state index is 0.258. The number of ether oxygens (including phenoxy) is 1. The predicted octanol–water partition coefficient (Wildman–Crippen LogP) is 7.62. The van der Waals surface area contributed by atoms with Crippen LogP contribution in [0.5, 0.6) is 5.75 Å². The Morgan fingerprint density at radius 2 is 1.44 bits per heavy atom. The van der Waals surface area contributed by atoms with E-state index in [1.54, 1.807) is 11.3 Å². The fourth-order valence-electron chi connectivity index (χ4n) is 4.05. The van der Waals surface area contributed by atoms with Gasteiger partial charge in [-0.25, -0.2) is 4.98 Å². The zero-order valence-corrected chi connectivity index (χ0v) is 20.4. The maximum atomic E-state index is 6.43. The van der Waals surface area contributed by atoms with Gasteiger partial charge in [0.15, 0.2) is 0 Å². The largest absolute Gasteiger partial charge is 0.494 e. The van der Waals surface area contributed by atoms with Crippen LogP contribution in [-0.2, 0) is 13.1 Å². The van der Waals surface area contributed by atoms with Crippen molar-refractivity contribution in [1.29, 1.82) is 0 Å². The quantitative estimate of drug-likeness (QED) is 0.212. The number of rotatable bonds is 8. The van der Waals surface area contributed by atoms with Crippen LogP contribution in [0.4, 0.5) is 5.82 Å². The second-order valence-electron chi connectivity index (χ2n) is 7.93. The van der Waals surface area contributed by atoms with Gasteiger partial charge >= 0.3 is 0 Å². The van der Waals surface area contributed by atoms with Gasteiger partial charge in [-0.05, 0) is 47.3 Å². The van der Waals surface area contributed by atoms with Crippen molar-refractivity contribution in [3.05, 3.63) is 107 Å². The van der Waals surface area contributed by atoms with Gasteiger partial charge in [0.25, 0.3) is 0 Å². The maximum Gasteiger partial charge on any atom is 0.225 e. The molecule has 2 heterocycles. The number of fused-ring (bicyclic) bond motifs is 1. The van der Waals surface area contributed by atoms with Crippen LogP contribution in [0.3, 0.4) is 0 Å². The first-order valence-corrected chi connectivity index (χ1v) is 12.5. The molecule has 0 aliphatic heterocycles. The van der Waals surface area contributed by atoms with E-state index in [9.17, 15) is 0 Å². The molecule has 0 fully saturated rings. The Balaban J connectivity index is 1.63. The second kappa shape index (κ2) is 10.2. The number of halogens is 1. The fourth-order valence-corrected chi connectivity index (χ4v) is 5.21. The Morgan fingerprint density at radius 3 is 2.03 bits per heavy atom. The minimum absolute atomic E-state index is 0.258. The lowest BCUT2D eigenvalue weighted by atomic mass is 10.1. The molecule has 5 rings (SSSR count). The zero-order chi connectivity index (χ0) is 23.3. The molecule has 4 nitrogen and oxygen atoms in total. The van der Waals surface area contributed by atoms with E-state index < -0.39 is 0 Å². The summed E-state index contributed by atoms with van der Waals surface area (Å²) < 4.78 is 5.63. The highest BCUT2D eigenvalue weighted by atomic mass is 35.5. The molecule has 0 radical (unpaired) electrons. The third-order valence-electron chi connectivity index (χ3n) is 5.60. The first-order chi connectivity index (χ1) is 16.7. The van der Waals surface area contributed by atoms with Crippen LogP contribution in [0.1, 0.15) is 18.1 Å². The normalized spacial score (nSPS) is 11.0. The van der Waals surface area contributed by atoms with Crippen molar-refractivity contribution in [3.63, 3.8) is 0 Å². The van der Waals surface area contributed by atoms with Gasteiger partial charge in [-0.15, -0.1) is 11.3 Å². The lowest BCUT2D eigenvalue weighted by molar-refractivity contribution is 0.340. The van der Waals surface area contributed by atoms with E-state index in [0.29, 0.717) is 19.7 Å². The summed E-state index contributed by atoms with van der Waals surface area (Å²) >= 11 is 8.01. The van der Waals surface area contributed by atoms with Gasteiger partial charge in [0, 0.05) is 24.0 Å². The summed E-state index contributed by atoms with van der Waals surface area (Å²) in [6.45, 7) is 4.04. The van der Waals surface area contributed by atoms with Gasteiger partial charge in [-0.2, -0.15) is 4.98 Å². The summed E-state index contributed by atoms with van der Waals surface area (Å²) in [5.74, 6) is 1.70. The zero-order valence-electron chi connectivity index (χ0n) is 18.8. The standard InChI is InChI=1S/C28H24ClN3OS/c1-2-33-23-15-13-22(14-16-23)24-19-34-27-25(24)26(30-28(29)31-27)32(17-20-9-5-3-6-10-20)18-21-11-7-4-8-12-21/h3-16,19H,2,17-18H2,1H3. The third-order valence-corrected chi connectivity index (χ3v) is 6.64. The van der Waals surface area contributed by atoms with Crippen molar-refractivity contribution in [2.45, 2.75) is 20.0 Å². The molecule has 0 bridgehead atoms. The smallest absolute Gasteiger partial charge is 0.225 e. The van der Waals surface area contributed by atoms with Crippen LogP contribution in [0.25, 0.3) is 21.3 Å². The van der Waals surface area contributed by atoms with E-state index in [1.807, 2.05) is 31.2 Å². The summed E-state index contributed by atoms with van der Waals surface area (Å²) in [5, 5.41) is 3.41. The number of aromatic nitrogens is 2. The van der Waals surface area contributed by atoms with Crippen molar-refractivity contribution in [1.82, 2.24) is 9.97 Å². The number of nitrogens with zero attached hydrogens (tertiary/aromatic N) is 3. The average Bonchev–Trinajstić information content (AvgIpc) is 3.29. The van der Waals surface area contributed by atoms with Gasteiger partial charge in [0.1, 0.15) is 16.4 Å². The van der Waals surface area contributed by atoms with Gasteiger partial charge in [-0.3, -0.25) is 0 Å². The fraction of sp³-hybridized carbons (Fsp3) is 0.143. The van der Waals surface area contributed by atoms with Crippen molar-refractivity contribution >= 4 is 39.0 Å². The summed E-state index contributed by atoms with van der Waals surface area (Å²) in [6, 6.07) is 29.1. The Bertz CT molecular complexity index is 1330.